The number of nitrogens with zero attached hydrogens (tertiary/aromatic N) is 3. The van der Waals surface area contributed by atoms with Crippen LogP contribution in [0.25, 0.3) is 33.3 Å². The summed E-state index contributed by atoms with van der Waals surface area (Å²) in [7, 11) is 1.82. The molecule has 1 unspecified atom stereocenters. The Bertz CT molecular complexity index is 1570. The lowest BCUT2D eigenvalue weighted by Crippen LogP contribution is -2.47. The minimum atomic E-state index is -0.274. The van der Waals surface area contributed by atoms with Gasteiger partial charge in [-0.1, -0.05) is 24.8 Å². The first-order valence-corrected chi connectivity index (χ1v) is 12.4. The number of H-pyrrole nitrogens is 2. The molecule has 2 aromatic carbocycles. The summed E-state index contributed by atoms with van der Waals surface area (Å²) >= 11 is 0. The van der Waals surface area contributed by atoms with E-state index in [1.165, 1.54) is 0 Å². The number of carbonyl (C=O) groups is 1. The molecule has 0 saturated carbocycles. The quantitative estimate of drug-likeness (QED) is 0.237. The minimum absolute atomic E-state index is 0.148. The summed E-state index contributed by atoms with van der Waals surface area (Å²) in [6, 6.07) is 19.6. The highest BCUT2D eigenvalue weighted by molar-refractivity contribution is 6.00. The van der Waals surface area contributed by atoms with Crippen molar-refractivity contribution in [2.75, 3.05) is 25.0 Å². The number of benzene rings is 2. The average molecular weight is 494 g/mol. The molecule has 0 radical (unpaired) electrons. The van der Waals surface area contributed by atoms with Gasteiger partial charge in [0.2, 0.25) is 0 Å². The molecule has 0 aliphatic heterocycles. The molecule has 0 saturated heterocycles. The molecule has 0 fully saturated rings. The maximum atomic E-state index is 13.3. The van der Waals surface area contributed by atoms with Gasteiger partial charge < -0.3 is 25.5 Å². The smallest absolute Gasteiger partial charge is 0.251 e. The highest BCUT2D eigenvalue weighted by Gasteiger charge is 2.20. The number of fused-ring (bicyclic) bond motifs is 2. The zero-order valence-electron chi connectivity index (χ0n) is 21.3. The van der Waals surface area contributed by atoms with Crippen molar-refractivity contribution in [1.82, 2.24) is 30.6 Å². The zero-order valence-corrected chi connectivity index (χ0v) is 21.3. The number of aromatic nitrogens is 4. The maximum absolute atomic E-state index is 13.3. The van der Waals surface area contributed by atoms with Crippen LogP contribution in [-0.2, 0) is 0 Å². The van der Waals surface area contributed by atoms with Crippen LogP contribution >= 0.6 is 0 Å². The monoisotopic (exact) mass is 493 g/mol. The molecule has 0 spiro atoms. The van der Waals surface area contributed by atoms with Crippen LogP contribution in [0.2, 0.25) is 0 Å². The SMILES string of the molecule is C=C(NC)C(CN(CC)c1ccccc1)NC(=O)c1ccc2[nH]c(-c3ccnc4nc(C)[nH]c34)cc2c1. The lowest BCUT2D eigenvalue weighted by molar-refractivity contribution is 0.0942. The van der Waals surface area contributed by atoms with Crippen LogP contribution < -0.4 is 15.5 Å². The van der Waals surface area contributed by atoms with Crippen LogP contribution in [0.1, 0.15) is 23.1 Å². The number of hydrogen-bond donors (Lipinski definition) is 4. The Hall–Kier alpha value is -4.59. The highest BCUT2D eigenvalue weighted by Crippen LogP contribution is 2.29. The number of rotatable bonds is 9. The second-order valence-electron chi connectivity index (χ2n) is 9.04. The largest absolute Gasteiger partial charge is 0.390 e. The molecule has 3 aromatic heterocycles. The van der Waals surface area contributed by atoms with Crippen molar-refractivity contribution in [2.45, 2.75) is 19.9 Å². The van der Waals surface area contributed by atoms with Crippen molar-refractivity contribution in [3.63, 3.8) is 0 Å². The van der Waals surface area contributed by atoms with Crippen molar-refractivity contribution in [3.8, 4) is 11.3 Å². The molecule has 4 N–H and O–H groups in total. The summed E-state index contributed by atoms with van der Waals surface area (Å²) < 4.78 is 0. The lowest BCUT2D eigenvalue weighted by atomic mass is 10.1. The average Bonchev–Trinajstić information content (AvgIpc) is 3.52. The van der Waals surface area contributed by atoms with E-state index in [-0.39, 0.29) is 11.9 Å². The standard InChI is InChI=1S/C29H31N7O/c1-5-36(22-9-7-6-8-10-22)17-26(18(2)30-4)35-29(37)20-11-12-24-21(15-20)16-25(34-24)23-13-14-31-28-27(23)32-19(3)33-28/h6-16,26,30,34H,2,5,17H2,1,3-4H3,(H,35,37)(H,31,32,33). The number of amides is 1. The van der Waals surface area contributed by atoms with Gasteiger partial charge in [-0.3, -0.25) is 4.79 Å². The fraction of sp³-hybridized carbons (Fsp3) is 0.207. The van der Waals surface area contributed by atoms with Gasteiger partial charge in [-0.25, -0.2) is 9.97 Å². The van der Waals surface area contributed by atoms with Gasteiger partial charge >= 0.3 is 0 Å². The molecule has 5 aromatic rings. The van der Waals surface area contributed by atoms with Gasteiger partial charge in [-0.15, -0.1) is 0 Å². The van der Waals surface area contributed by atoms with Crippen LogP contribution in [0, 0.1) is 6.92 Å². The molecule has 1 amide bonds. The lowest BCUT2D eigenvalue weighted by Gasteiger charge is -2.30. The van der Waals surface area contributed by atoms with Crippen LogP contribution in [0.3, 0.4) is 0 Å². The Kier molecular flexibility index (Phi) is 6.64. The van der Waals surface area contributed by atoms with Gasteiger partial charge in [-0.2, -0.15) is 0 Å². The fourth-order valence-corrected chi connectivity index (χ4v) is 4.60. The Balaban J connectivity index is 1.39. The van der Waals surface area contributed by atoms with Crippen molar-refractivity contribution in [2.24, 2.45) is 0 Å². The molecule has 8 nitrogen and oxygen atoms in total. The maximum Gasteiger partial charge on any atom is 0.251 e. The number of aryl methyl sites for hydroxylation is 1. The number of hydrogen-bond acceptors (Lipinski definition) is 5. The zero-order chi connectivity index (χ0) is 25.9. The van der Waals surface area contributed by atoms with Gasteiger partial charge in [0.1, 0.15) is 5.82 Å². The van der Waals surface area contributed by atoms with E-state index in [0.717, 1.165) is 51.4 Å². The molecular formula is C29H31N7O. The summed E-state index contributed by atoms with van der Waals surface area (Å²) in [4.78, 5) is 31.1. The number of imidazole rings is 1. The second kappa shape index (κ2) is 10.2. The number of aromatic amines is 2. The number of pyridine rings is 1. The molecule has 37 heavy (non-hydrogen) atoms. The number of carbonyl (C=O) groups excluding carboxylic acids is 1. The van der Waals surface area contributed by atoms with E-state index in [0.29, 0.717) is 17.8 Å². The normalized spacial score (nSPS) is 12.0. The van der Waals surface area contributed by atoms with Crippen molar-refractivity contribution in [3.05, 3.63) is 90.5 Å². The van der Waals surface area contributed by atoms with Crippen molar-refractivity contribution < 1.29 is 4.79 Å². The molecule has 188 valence electrons. The van der Waals surface area contributed by atoms with E-state index in [9.17, 15) is 4.79 Å². The summed E-state index contributed by atoms with van der Waals surface area (Å²) in [5.41, 5.74) is 6.89. The van der Waals surface area contributed by atoms with Crippen LogP contribution in [-0.4, -0.2) is 52.0 Å². The van der Waals surface area contributed by atoms with E-state index < -0.39 is 0 Å². The Morgan fingerprint density at radius 2 is 1.92 bits per heavy atom. The van der Waals surface area contributed by atoms with Gasteiger partial charge in [0.15, 0.2) is 5.65 Å². The van der Waals surface area contributed by atoms with Gasteiger partial charge in [0.05, 0.1) is 11.6 Å². The third kappa shape index (κ3) is 4.91. The third-order valence-corrected chi connectivity index (χ3v) is 6.64. The predicted molar refractivity (Wildman–Crippen MR) is 150 cm³/mol. The highest BCUT2D eigenvalue weighted by atomic mass is 16.1. The molecule has 0 aliphatic rings. The molecule has 8 heteroatoms. The minimum Gasteiger partial charge on any atom is -0.390 e. The van der Waals surface area contributed by atoms with E-state index in [1.807, 2.05) is 56.4 Å². The van der Waals surface area contributed by atoms with E-state index >= 15 is 0 Å². The summed E-state index contributed by atoms with van der Waals surface area (Å²) in [5, 5.41) is 7.24. The van der Waals surface area contributed by atoms with Crippen LogP contribution in [0.5, 0.6) is 0 Å². The number of anilines is 1. The molecule has 0 aliphatic carbocycles. The predicted octanol–water partition coefficient (Wildman–Crippen LogP) is 4.77. The molecule has 1 atom stereocenters. The van der Waals surface area contributed by atoms with Gasteiger partial charge in [-0.05, 0) is 56.3 Å². The number of likely N-dealkylation sites (N-methyl/N-ethyl adjacent to an activating group) is 2. The summed E-state index contributed by atoms with van der Waals surface area (Å²) in [6.07, 6.45) is 1.76. The molecule has 3 heterocycles. The van der Waals surface area contributed by atoms with Gasteiger partial charge in [0.25, 0.3) is 5.91 Å². The van der Waals surface area contributed by atoms with Crippen LogP contribution in [0.15, 0.2) is 79.1 Å². The fourth-order valence-electron chi connectivity index (χ4n) is 4.60. The first-order valence-electron chi connectivity index (χ1n) is 12.4. The van der Waals surface area contributed by atoms with E-state index in [1.54, 1.807) is 6.20 Å². The third-order valence-electron chi connectivity index (χ3n) is 6.64. The Morgan fingerprint density at radius 3 is 2.68 bits per heavy atom. The molecule has 0 bridgehead atoms. The Morgan fingerprint density at radius 1 is 1.11 bits per heavy atom. The van der Waals surface area contributed by atoms with Gasteiger partial charge in [0, 0.05) is 65.4 Å². The summed E-state index contributed by atoms with van der Waals surface area (Å²) in [5.74, 6) is 0.669. The van der Waals surface area contributed by atoms with Crippen LogP contribution in [0.4, 0.5) is 5.69 Å². The number of nitrogens with one attached hydrogen (secondary N) is 4. The van der Waals surface area contributed by atoms with Crippen molar-refractivity contribution >= 4 is 33.7 Å². The topological polar surface area (TPSA) is 102 Å². The number of para-hydroxylation sites is 1. The van der Waals surface area contributed by atoms with Crippen molar-refractivity contribution in [1.29, 1.82) is 0 Å². The van der Waals surface area contributed by atoms with E-state index in [4.69, 9.17) is 0 Å². The van der Waals surface area contributed by atoms with E-state index in [2.05, 4.69) is 67.2 Å². The first kappa shape index (κ1) is 24.1. The summed E-state index contributed by atoms with van der Waals surface area (Å²) in [6.45, 7) is 9.57. The molecular weight excluding hydrogens is 462 g/mol. The second-order valence-corrected chi connectivity index (χ2v) is 9.04. The molecule has 5 rings (SSSR count). The first-order chi connectivity index (χ1) is 18.0. The Labute approximate surface area is 215 Å².